The molecule has 5 heteroatoms. The second kappa shape index (κ2) is 7.97. The SMILES string of the molecule is Cc1nn(-c2ccccc2)c(C)c1NC(=O)CN(C)Cc1ccccc1. The van der Waals surface area contributed by atoms with Gasteiger partial charge in [0.25, 0.3) is 0 Å². The monoisotopic (exact) mass is 348 g/mol. The summed E-state index contributed by atoms with van der Waals surface area (Å²) in [5, 5.41) is 7.59. The lowest BCUT2D eigenvalue weighted by molar-refractivity contribution is -0.117. The second-order valence-electron chi connectivity index (χ2n) is 6.50. The molecule has 0 atom stereocenters. The van der Waals surface area contributed by atoms with E-state index in [0.717, 1.165) is 29.3 Å². The summed E-state index contributed by atoms with van der Waals surface area (Å²) in [5.41, 5.74) is 4.69. The van der Waals surface area contributed by atoms with Crippen LogP contribution in [0.1, 0.15) is 17.0 Å². The predicted octanol–water partition coefficient (Wildman–Crippen LogP) is 3.56. The zero-order chi connectivity index (χ0) is 18.5. The maximum Gasteiger partial charge on any atom is 0.238 e. The quantitative estimate of drug-likeness (QED) is 0.741. The number of nitrogens with zero attached hydrogens (tertiary/aromatic N) is 3. The number of hydrogen-bond acceptors (Lipinski definition) is 3. The molecule has 1 amide bonds. The molecule has 1 aromatic heterocycles. The zero-order valence-electron chi connectivity index (χ0n) is 15.4. The number of amides is 1. The number of rotatable bonds is 6. The Morgan fingerprint density at radius 2 is 1.65 bits per heavy atom. The van der Waals surface area contributed by atoms with Crippen LogP contribution in [0, 0.1) is 13.8 Å². The van der Waals surface area contributed by atoms with Crippen LogP contribution in [0.2, 0.25) is 0 Å². The summed E-state index contributed by atoms with van der Waals surface area (Å²) in [5.74, 6) is -0.0396. The fraction of sp³-hybridized carbons (Fsp3) is 0.238. The first kappa shape index (κ1) is 17.9. The lowest BCUT2D eigenvalue weighted by Crippen LogP contribution is -2.30. The Hall–Kier alpha value is -2.92. The van der Waals surface area contributed by atoms with Gasteiger partial charge in [0, 0.05) is 6.54 Å². The molecule has 0 aliphatic heterocycles. The van der Waals surface area contributed by atoms with E-state index in [0.29, 0.717) is 6.54 Å². The molecule has 0 saturated carbocycles. The number of carbonyl (C=O) groups is 1. The zero-order valence-corrected chi connectivity index (χ0v) is 15.4. The standard InChI is InChI=1S/C21H24N4O/c1-16-21(17(2)25(23-16)19-12-8-5-9-13-19)22-20(26)15-24(3)14-18-10-6-4-7-11-18/h4-13H,14-15H2,1-3H3,(H,22,26). The molecule has 3 rings (SSSR count). The van der Waals surface area contributed by atoms with Crippen LogP contribution in [0.25, 0.3) is 5.69 Å². The number of aryl methyl sites for hydroxylation is 1. The van der Waals surface area contributed by atoms with Crippen molar-refractivity contribution >= 4 is 11.6 Å². The molecule has 0 saturated heterocycles. The topological polar surface area (TPSA) is 50.2 Å². The molecule has 2 aromatic carbocycles. The van der Waals surface area contributed by atoms with Crippen molar-refractivity contribution in [2.45, 2.75) is 20.4 Å². The van der Waals surface area contributed by atoms with Gasteiger partial charge in [-0.05, 0) is 38.6 Å². The molecule has 1 N–H and O–H groups in total. The molecule has 0 unspecified atom stereocenters. The van der Waals surface area contributed by atoms with Crippen LogP contribution in [-0.4, -0.2) is 34.2 Å². The molecular weight excluding hydrogens is 324 g/mol. The average Bonchev–Trinajstić information content (AvgIpc) is 2.91. The second-order valence-corrected chi connectivity index (χ2v) is 6.50. The van der Waals surface area contributed by atoms with E-state index >= 15 is 0 Å². The van der Waals surface area contributed by atoms with Crippen LogP contribution in [0.15, 0.2) is 60.7 Å². The van der Waals surface area contributed by atoms with Gasteiger partial charge in [0.1, 0.15) is 0 Å². The molecule has 0 spiro atoms. The van der Waals surface area contributed by atoms with Crippen LogP contribution in [0.3, 0.4) is 0 Å². The minimum Gasteiger partial charge on any atom is -0.322 e. The lowest BCUT2D eigenvalue weighted by atomic mass is 10.2. The Morgan fingerprint density at radius 3 is 2.31 bits per heavy atom. The van der Waals surface area contributed by atoms with Gasteiger partial charge in [-0.3, -0.25) is 9.69 Å². The smallest absolute Gasteiger partial charge is 0.238 e. The third kappa shape index (κ3) is 4.18. The van der Waals surface area contributed by atoms with E-state index in [2.05, 4.69) is 22.5 Å². The first-order valence-corrected chi connectivity index (χ1v) is 8.68. The number of para-hydroxylation sites is 1. The predicted molar refractivity (Wildman–Crippen MR) is 104 cm³/mol. The van der Waals surface area contributed by atoms with E-state index in [9.17, 15) is 4.79 Å². The van der Waals surface area contributed by atoms with Crippen LogP contribution in [0.5, 0.6) is 0 Å². The molecule has 0 aliphatic rings. The summed E-state index contributed by atoms with van der Waals surface area (Å²) in [7, 11) is 1.94. The molecule has 0 radical (unpaired) electrons. The summed E-state index contributed by atoms with van der Waals surface area (Å²) < 4.78 is 1.86. The van der Waals surface area contributed by atoms with Crippen molar-refractivity contribution in [3.8, 4) is 5.69 Å². The minimum absolute atomic E-state index is 0.0396. The van der Waals surface area contributed by atoms with Gasteiger partial charge in [0.2, 0.25) is 5.91 Å². The van der Waals surface area contributed by atoms with Crippen LogP contribution < -0.4 is 5.32 Å². The number of aromatic nitrogens is 2. The van der Waals surface area contributed by atoms with Crippen LogP contribution in [0.4, 0.5) is 5.69 Å². The maximum absolute atomic E-state index is 12.5. The van der Waals surface area contributed by atoms with E-state index < -0.39 is 0 Å². The Labute approximate surface area is 154 Å². The third-order valence-electron chi connectivity index (χ3n) is 4.27. The first-order valence-electron chi connectivity index (χ1n) is 8.68. The normalized spacial score (nSPS) is 10.9. The number of likely N-dealkylation sites (N-methyl/N-ethyl adjacent to an activating group) is 1. The third-order valence-corrected chi connectivity index (χ3v) is 4.27. The van der Waals surface area contributed by atoms with E-state index in [-0.39, 0.29) is 5.91 Å². The lowest BCUT2D eigenvalue weighted by Gasteiger charge is -2.16. The summed E-state index contributed by atoms with van der Waals surface area (Å²) in [6.07, 6.45) is 0. The molecule has 134 valence electrons. The molecular formula is C21H24N4O. The Kier molecular flexibility index (Phi) is 5.49. The summed E-state index contributed by atoms with van der Waals surface area (Å²) in [6, 6.07) is 20.1. The van der Waals surface area contributed by atoms with E-state index in [1.165, 1.54) is 5.56 Å². The van der Waals surface area contributed by atoms with Crippen molar-refractivity contribution in [1.82, 2.24) is 14.7 Å². The van der Waals surface area contributed by atoms with Gasteiger partial charge >= 0.3 is 0 Å². The highest BCUT2D eigenvalue weighted by molar-refractivity contribution is 5.93. The summed E-state index contributed by atoms with van der Waals surface area (Å²) >= 11 is 0. The fourth-order valence-corrected chi connectivity index (χ4v) is 3.02. The van der Waals surface area contributed by atoms with Crippen molar-refractivity contribution in [3.63, 3.8) is 0 Å². The fourth-order valence-electron chi connectivity index (χ4n) is 3.02. The maximum atomic E-state index is 12.5. The Morgan fingerprint density at radius 1 is 1.04 bits per heavy atom. The van der Waals surface area contributed by atoms with E-state index in [1.807, 2.05) is 79.0 Å². The molecule has 0 fully saturated rings. The highest BCUT2D eigenvalue weighted by Crippen LogP contribution is 2.22. The molecule has 1 heterocycles. The minimum atomic E-state index is -0.0396. The Bertz CT molecular complexity index is 872. The average molecular weight is 348 g/mol. The van der Waals surface area contributed by atoms with Crippen molar-refractivity contribution < 1.29 is 4.79 Å². The van der Waals surface area contributed by atoms with Gasteiger partial charge < -0.3 is 5.32 Å². The van der Waals surface area contributed by atoms with Gasteiger partial charge in [0.15, 0.2) is 0 Å². The van der Waals surface area contributed by atoms with Crippen molar-refractivity contribution in [3.05, 3.63) is 77.6 Å². The van der Waals surface area contributed by atoms with Gasteiger partial charge in [-0.25, -0.2) is 4.68 Å². The van der Waals surface area contributed by atoms with E-state index in [4.69, 9.17) is 0 Å². The van der Waals surface area contributed by atoms with Crippen molar-refractivity contribution in [2.75, 3.05) is 18.9 Å². The Balaban J connectivity index is 1.67. The van der Waals surface area contributed by atoms with Crippen molar-refractivity contribution in [2.24, 2.45) is 0 Å². The highest BCUT2D eigenvalue weighted by atomic mass is 16.2. The highest BCUT2D eigenvalue weighted by Gasteiger charge is 2.16. The van der Waals surface area contributed by atoms with Gasteiger partial charge in [-0.2, -0.15) is 5.10 Å². The number of carbonyl (C=O) groups excluding carboxylic acids is 1. The van der Waals surface area contributed by atoms with Crippen LogP contribution in [-0.2, 0) is 11.3 Å². The van der Waals surface area contributed by atoms with Gasteiger partial charge in [-0.15, -0.1) is 0 Å². The molecule has 26 heavy (non-hydrogen) atoms. The summed E-state index contributed by atoms with van der Waals surface area (Å²) in [4.78, 5) is 14.5. The molecule has 0 bridgehead atoms. The largest absolute Gasteiger partial charge is 0.322 e. The van der Waals surface area contributed by atoms with E-state index in [1.54, 1.807) is 0 Å². The van der Waals surface area contributed by atoms with Crippen molar-refractivity contribution in [1.29, 1.82) is 0 Å². The molecule has 0 aliphatic carbocycles. The van der Waals surface area contributed by atoms with Gasteiger partial charge in [-0.1, -0.05) is 48.5 Å². The summed E-state index contributed by atoms with van der Waals surface area (Å²) in [6.45, 7) is 4.94. The van der Waals surface area contributed by atoms with Gasteiger partial charge in [0.05, 0.1) is 29.3 Å². The molecule has 5 nitrogen and oxygen atoms in total. The molecule has 3 aromatic rings. The first-order chi connectivity index (χ1) is 12.5. The number of nitrogens with one attached hydrogen (secondary N) is 1. The number of anilines is 1. The number of hydrogen-bond donors (Lipinski definition) is 1. The number of benzene rings is 2. The van der Waals surface area contributed by atoms with Crippen LogP contribution >= 0.6 is 0 Å².